The first-order valence-electron chi connectivity index (χ1n) is 8.48. The van der Waals surface area contributed by atoms with Crippen LogP contribution in [0.1, 0.15) is 21.6 Å². The Morgan fingerprint density at radius 3 is 2.89 bits per heavy atom. The molecule has 0 bridgehead atoms. The van der Waals surface area contributed by atoms with Crippen LogP contribution in [0, 0.1) is 0 Å². The van der Waals surface area contributed by atoms with Crippen LogP contribution >= 0.6 is 11.3 Å². The zero-order valence-corrected chi connectivity index (χ0v) is 16.3. The Bertz CT molecular complexity index is 1130. The van der Waals surface area contributed by atoms with E-state index in [1.54, 1.807) is 46.8 Å². The number of nitrogen functional groups attached to an aromatic ring is 1. The van der Waals surface area contributed by atoms with Gasteiger partial charge >= 0.3 is 0 Å². The van der Waals surface area contributed by atoms with E-state index in [1.165, 1.54) is 6.07 Å². The highest BCUT2D eigenvalue weighted by molar-refractivity contribution is 7.94. The van der Waals surface area contributed by atoms with Gasteiger partial charge < -0.3 is 10.6 Å². The smallest absolute Gasteiger partial charge is 0.271 e. The van der Waals surface area contributed by atoms with Gasteiger partial charge in [0.05, 0.1) is 5.69 Å². The number of thiophene rings is 1. The maximum atomic E-state index is 12.9. The highest BCUT2D eigenvalue weighted by Gasteiger charge is 2.24. The molecule has 1 aliphatic rings. The van der Waals surface area contributed by atoms with Crippen molar-refractivity contribution in [3.05, 3.63) is 64.8 Å². The topological polar surface area (TPSA) is 118 Å². The molecule has 0 spiro atoms. The SMILES string of the molecule is Nc1ncc2c(n1)CCN(C(=O)c1cccc(NS(=O)(=O)c3cccs3)c1)C2. The molecule has 0 aliphatic carbocycles. The fraction of sp³-hybridized carbons (Fsp3) is 0.167. The van der Waals surface area contributed by atoms with Gasteiger partial charge in [0, 0.05) is 42.5 Å². The molecule has 0 fully saturated rings. The molecule has 10 heteroatoms. The largest absolute Gasteiger partial charge is 0.368 e. The number of hydrogen-bond acceptors (Lipinski definition) is 7. The third kappa shape index (κ3) is 3.69. The monoisotopic (exact) mass is 415 g/mol. The van der Waals surface area contributed by atoms with Gasteiger partial charge in [0.15, 0.2) is 0 Å². The molecule has 1 aromatic carbocycles. The molecule has 3 aromatic rings. The summed E-state index contributed by atoms with van der Waals surface area (Å²) in [6, 6.07) is 9.68. The molecule has 8 nitrogen and oxygen atoms in total. The molecular formula is C18H17N5O3S2. The lowest BCUT2D eigenvalue weighted by atomic mass is 10.1. The van der Waals surface area contributed by atoms with Crippen molar-refractivity contribution >= 4 is 38.9 Å². The van der Waals surface area contributed by atoms with Crippen LogP contribution in [0.25, 0.3) is 0 Å². The van der Waals surface area contributed by atoms with Crippen LogP contribution in [-0.4, -0.2) is 35.7 Å². The normalized spacial score (nSPS) is 13.8. The number of carbonyl (C=O) groups excluding carboxylic acids is 1. The predicted octanol–water partition coefficient (Wildman–Crippen LogP) is 2.12. The molecule has 3 heterocycles. The quantitative estimate of drug-likeness (QED) is 0.674. The van der Waals surface area contributed by atoms with E-state index in [0.29, 0.717) is 30.8 Å². The minimum atomic E-state index is -3.67. The third-order valence-electron chi connectivity index (χ3n) is 4.36. The first-order valence-corrected chi connectivity index (χ1v) is 10.8. The molecule has 0 saturated carbocycles. The molecule has 0 atom stereocenters. The molecule has 2 aromatic heterocycles. The summed E-state index contributed by atoms with van der Waals surface area (Å²) in [6.45, 7) is 0.896. The van der Waals surface area contributed by atoms with Gasteiger partial charge in [-0.2, -0.15) is 0 Å². The number of aromatic nitrogens is 2. The zero-order valence-electron chi connectivity index (χ0n) is 14.7. The number of amides is 1. The lowest BCUT2D eigenvalue weighted by molar-refractivity contribution is 0.0733. The van der Waals surface area contributed by atoms with Gasteiger partial charge in [0.25, 0.3) is 15.9 Å². The maximum absolute atomic E-state index is 12.9. The number of nitrogens with one attached hydrogen (secondary N) is 1. The molecule has 1 aliphatic heterocycles. The molecule has 0 unspecified atom stereocenters. The van der Waals surface area contributed by atoms with Crippen molar-refractivity contribution < 1.29 is 13.2 Å². The van der Waals surface area contributed by atoms with Crippen molar-refractivity contribution in [1.29, 1.82) is 0 Å². The second-order valence-corrected chi connectivity index (χ2v) is 9.15. The predicted molar refractivity (Wildman–Crippen MR) is 106 cm³/mol. The van der Waals surface area contributed by atoms with Gasteiger partial charge in [-0.25, -0.2) is 18.4 Å². The van der Waals surface area contributed by atoms with Crippen molar-refractivity contribution in [2.24, 2.45) is 0 Å². The van der Waals surface area contributed by atoms with Gasteiger partial charge in [0.1, 0.15) is 4.21 Å². The molecule has 4 rings (SSSR count). The Hall–Kier alpha value is -2.98. The molecule has 0 saturated heterocycles. The number of fused-ring (bicyclic) bond motifs is 1. The van der Waals surface area contributed by atoms with Gasteiger partial charge in [-0.1, -0.05) is 12.1 Å². The van der Waals surface area contributed by atoms with Crippen LogP contribution in [0.4, 0.5) is 11.6 Å². The number of nitrogens with zero attached hydrogens (tertiary/aromatic N) is 3. The Morgan fingerprint density at radius 1 is 1.25 bits per heavy atom. The summed E-state index contributed by atoms with van der Waals surface area (Å²) in [4.78, 5) is 22.8. The van der Waals surface area contributed by atoms with Crippen LogP contribution in [0.15, 0.2) is 52.2 Å². The number of carbonyl (C=O) groups is 1. The molecule has 144 valence electrons. The van der Waals surface area contributed by atoms with E-state index in [2.05, 4.69) is 14.7 Å². The number of benzene rings is 1. The Balaban J connectivity index is 1.53. The Labute approximate surface area is 166 Å². The van der Waals surface area contributed by atoms with Crippen LogP contribution in [0.3, 0.4) is 0 Å². The second kappa shape index (κ2) is 7.21. The van der Waals surface area contributed by atoms with E-state index in [4.69, 9.17) is 5.73 Å². The summed E-state index contributed by atoms with van der Waals surface area (Å²) in [5.41, 5.74) is 8.08. The van der Waals surface area contributed by atoms with E-state index in [-0.39, 0.29) is 16.1 Å². The highest BCUT2D eigenvalue weighted by Crippen LogP contribution is 2.23. The maximum Gasteiger partial charge on any atom is 0.271 e. The van der Waals surface area contributed by atoms with Crippen molar-refractivity contribution in [2.75, 3.05) is 17.0 Å². The third-order valence-corrected chi connectivity index (χ3v) is 7.14. The summed E-state index contributed by atoms with van der Waals surface area (Å²) in [7, 11) is -3.67. The molecule has 3 N–H and O–H groups in total. The van der Waals surface area contributed by atoms with Gasteiger partial charge in [0.2, 0.25) is 5.95 Å². The molecule has 28 heavy (non-hydrogen) atoms. The molecule has 0 radical (unpaired) electrons. The van der Waals surface area contributed by atoms with E-state index >= 15 is 0 Å². The van der Waals surface area contributed by atoms with Crippen LogP contribution in [0.5, 0.6) is 0 Å². The van der Waals surface area contributed by atoms with E-state index in [0.717, 1.165) is 22.6 Å². The van der Waals surface area contributed by atoms with Crippen LogP contribution < -0.4 is 10.5 Å². The van der Waals surface area contributed by atoms with Crippen LogP contribution in [-0.2, 0) is 23.0 Å². The summed E-state index contributed by atoms with van der Waals surface area (Å²) in [5.74, 6) is 0.0453. The van der Waals surface area contributed by atoms with Crippen molar-refractivity contribution in [3.8, 4) is 0 Å². The average molecular weight is 416 g/mol. The number of rotatable bonds is 4. The fourth-order valence-corrected chi connectivity index (χ4v) is 5.07. The first-order chi connectivity index (χ1) is 13.4. The van der Waals surface area contributed by atoms with Crippen molar-refractivity contribution in [3.63, 3.8) is 0 Å². The van der Waals surface area contributed by atoms with E-state index < -0.39 is 10.0 Å². The minimum absolute atomic E-state index is 0.181. The number of sulfonamides is 1. The zero-order chi connectivity index (χ0) is 19.7. The average Bonchev–Trinajstić information content (AvgIpc) is 3.23. The van der Waals surface area contributed by atoms with Gasteiger partial charge in [-0.3, -0.25) is 9.52 Å². The van der Waals surface area contributed by atoms with E-state index in [1.807, 2.05) is 0 Å². The Morgan fingerprint density at radius 2 is 2.11 bits per heavy atom. The lowest BCUT2D eigenvalue weighted by Crippen LogP contribution is -2.36. The summed E-state index contributed by atoms with van der Waals surface area (Å²) >= 11 is 1.13. The van der Waals surface area contributed by atoms with Crippen molar-refractivity contribution in [2.45, 2.75) is 17.2 Å². The summed E-state index contributed by atoms with van der Waals surface area (Å²) in [5, 5.41) is 1.69. The van der Waals surface area contributed by atoms with Crippen LogP contribution in [0.2, 0.25) is 0 Å². The fourth-order valence-electron chi connectivity index (χ4n) is 3.03. The van der Waals surface area contributed by atoms with E-state index in [9.17, 15) is 13.2 Å². The highest BCUT2D eigenvalue weighted by atomic mass is 32.2. The van der Waals surface area contributed by atoms with Gasteiger partial charge in [-0.15, -0.1) is 11.3 Å². The Kier molecular flexibility index (Phi) is 4.73. The summed E-state index contributed by atoms with van der Waals surface area (Å²) < 4.78 is 27.5. The standard InChI is InChI=1S/C18H17N5O3S2/c19-18-20-10-13-11-23(7-6-15(13)21-18)17(24)12-3-1-4-14(9-12)22-28(25,26)16-5-2-8-27-16/h1-5,8-10,22H,6-7,11H2,(H2,19,20,21). The number of anilines is 2. The minimum Gasteiger partial charge on any atom is -0.368 e. The second-order valence-electron chi connectivity index (χ2n) is 6.30. The lowest BCUT2D eigenvalue weighted by Gasteiger charge is -2.28. The van der Waals surface area contributed by atoms with Gasteiger partial charge in [-0.05, 0) is 29.6 Å². The first kappa shape index (κ1) is 18.4. The summed E-state index contributed by atoms with van der Waals surface area (Å²) in [6.07, 6.45) is 2.24. The van der Waals surface area contributed by atoms with Crippen molar-refractivity contribution in [1.82, 2.24) is 14.9 Å². The molecular weight excluding hydrogens is 398 g/mol. The number of hydrogen-bond donors (Lipinski definition) is 2. The molecule has 1 amide bonds. The number of nitrogens with two attached hydrogens (primary N) is 1.